The van der Waals surface area contributed by atoms with E-state index >= 15 is 0 Å². The Morgan fingerprint density at radius 2 is 1.63 bits per heavy atom. The number of nitrogens with two attached hydrogens (primary N) is 1. The zero-order valence-corrected chi connectivity index (χ0v) is 10.7. The highest BCUT2D eigenvalue weighted by molar-refractivity contribution is 5.65. The Kier molecular flexibility index (Phi) is 4.12. The van der Waals surface area contributed by atoms with Crippen molar-refractivity contribution in [2.24, 2.45) is 5.73 Å². The number of nitrogens with zero attached hydrogens (tertiary/aromatic N) is 1. The monoisotopic (exact) mass is 262 g/mol. The lowest BCUT2D eigenvalue weighted by atomic mass is 10.1. The maximum absolute atomic E-state index is 13.3. The molecule has 2 rings (SSSR count). The SMILES string of the molecule is CN(c1ccc(F)cc1)c1ccc(F)cc1CCN. The maximum Gasteiger partial charge on any atom is 0.123 e. The van der Waals surface area contributed by atoms with Crippen molar-refractivity contribution in [3.05, 3.63) is 59.7 Å². The van der Waals surface area contributed by atoms with Crippen LogP contribution in [0.25, 0.3) is 0 Å². The smallest absolute Gasteiger partial charge is 0.123 e. The molecule has 2 N–H and O–H groups in total. The van der Waals surface area contributed by atoms with E-state index in [0.717, 1.165) is 16.9 Å². The molecule has 2 nitrogen and oxygen atoms in total. The first kappa shape index (κ1) is 13.5. The maximum atomic E-state index is 13.3. The van der Waals surface area contributed by atoms with Crippen LogP contribution in [0, 0.1) is 11.6 Å². The first-order chi connectivity index (χ1) is 9.11. The lowest BCUT2D eigenvalue weighted by molar-refractivity contribution is 0.625. The van der Waals surface area contributed by atoms with Crippen LogP contribution in [-0.4, -0.2) is 13.6 Å². The van der Waals surface area contributed by atoms with Crippen molar-refractivity contribution < 1.29 is 8.78 Å². The van der Waals surface area contributed by atoms with Gasteiger partial charge in [-0.1, -0.05) is 0 Å². The van der Waals surface area contributed by atoms with Gasteiger partial charge in [-0.05, 0) is 61.0 Å². The minimum absolute atomic E-state index is 0.278. The van der Waals surface area contributed by atoms with Crippen LogP contribution < -0.4 is 10.6 Å². The summed E-state index contributed by atoms with van der Waals surface area (Å²) in [6.45, 7) is 0.452. The molecule has 0 fully saturated rings. The third-order valence-electron chi connectivity index (χ3n) is 3.03. The number of hydrogen-bond acceptors (Lipinski definition) is 2. The lowest BCUT2D eigenvalue weighted by Crippen LogP contribution is -2.14. The van der Waals surface area contributed by atoms with E-state index in [1.807, 2.05) is 11.9 Å². The summed E-state index contributed by atoms with van der Waals surface area (Å²) >= 11 is 0. The van der Waals surface area contributed by atoms with Crippen LogP contribution in [0.2, 0.25) is 0 Å². The minimum Gasteiger partial charge on any atom is -0.344 e. The summed E-state index contributed by atoms with van der Waals surface area (Å²) in [4.78, 5) is 1.89. The second-order valence-electron chi connectivity index (χ2n) is 4.35. The molecule has 19 heavy (non-hydrogen) atoms. The van der Waals surface area contributed by atoms with E-state index in [1.54, 1.807) is 18.2 Å². The van der Waals surface area contributed by atoms with Gasteiger partial charge in [0.2, 0.25) is 0 Å². The molecule has 0 heterocycles. The molecule has 2 aromatic carbocycles. The highest BCUT2D eigenvalue weighted by Gasteiger charge is 2.10. The molecule has 0 spiro atoms. The number of hydrogen-bond donors (Lipinski definition) is 1. The normalized spacial score (nSPS) is 10.5. The quantitative estimate of drug-likeness (QED) is 0.916. The van der Waals surface area contributed by atoms with Crippen molar-refractivity contribution in [2.75, 3.05) is 18.5 Å². The van der Waals surface area contributed by atoms with Crippen LogP contribution in [-0.2, 0) is 6.42 Å². The van der Waals surface area contributed by atoms with E-state index in [0.29, 0.717) is 13.0 Å². The highest BCUT2D eigenvalue weighted by Crippen LogP contribution is 2.28. The fraction of sp³-hybridized carbons (Fsp3) is 0.200. The summed E-state index contributed by atoms with van der Waals surface area (Å²) in [6, 6.07) is 10.8. The second-order valence-corrected chi connectivity index (χ2v) is 4.35. The number of rotatable bonds is 4. The van der Waals surface area contributed by atoms with E-state index in [-0.39, 0.29) is 11.6 Å². The molecule has 0 aliphatic heterocycles. The van der Waals surface area contributed by atoms with Crippen molar-refractivity contribution in [1.82, 2.24) is 0 Å². The topological polar surface area (TPSA) is 29.3 Å². The van der Waals surface area contributed by atoms with E-state index in [9.17, 15) is 8.78 Å². The lowest BCUT2D eigenvalue weighted by Gasteiger charge is -2.22. The van der Waals surface area contributed by atoms with Gasteiger partial charge in [-0.15, -0.1) is 0 Å². The summed E-state index contributed by atoms with van der Waals surface area (Å²) in [6.07, 6.45) is 0.596. The minimum atomic E-state index is -0.279. The summed E-state index contributed by atoms with van der Waals surface area (Å²) in [5, 5.41) is 0. The predicted octanol–water partition coefficient (Wildman–Crippen LogP) is 3.23. The molecule has 0 bridgehead atoms. The van der Waals surface area contributed by atoms with Crippen LogP contribution in [0.3, 0.4) is 0 Å². The molecular formula is C15H16F2N2. The van der Waals surface area contributed by atoms with Crippen LogP contribution in [0.15, 0.2) is 42.5 Å². The Labute approximate surface area is 111 Å². The number of anilines is 2. The van der Waals surface area contributed by atoms with Gasteiger partial charge in [0.05, 0.1) is 0 Å². The van der Waals surface area contributed by atoms with Crippen molar-refractivity contribution in [2.45, 2.75) is 6.42 Å². The number of halogens is 2. The van der Waals surface area contributed by atoms with Gasteiger partial charge in [0.25, 0.3) is 0 Å². The Morgan fingerprint density at radius 3 is 2.26 bits per heavy atom. The Morgan fingerprint density at radius 1 is 1.00 bits per heavy atom. The molecule has 0 saturated carbocycles. The standard InChI is InChI=1S/C15H16F2N2/c1-19(14-5-2-12(16)3-6-14)15-7-4-13(17)10-11(15)8-9-18/h2-7,10H,8-9,18H2,1H3. The van der Waals surface area contributed by atoms with Crippen molar-refractivity contribution in [1.29, 1.82) is 0 Å². The van der Waals surface area contributed by atoms with Crippen molar-refractivity contribution >= 4 is 11.4 Å². The van der Waals surface area contributed by atoms with Gasteiger partial charge >= 0.3 is 0 Å². The zero-order valence-electron chi connectivity index (χ0n) is 10.7. The molecule has 0 saturated heterocycles. The van der Waals surface area contributed by atoms with Gasteiger partial charge in [0.1, 0.15) is 11.6 Å². The molecule has 4 heteroatoms. The summed E-state index contributed by atoms with van der Waals surface area (Å²) in [7, 11) is 1.86. The molecule has 0 aromatic heterocycles. The van der Waals surface area contributed by atoms with Crippen LogP contribution in [0.1, 0.15) is 5.56 Å². The summed E-state index contributed by atoms with van der Waals surface area (Å²) < 4.78 is 26.2. The molecular weight excluding hydrogens is 246 g/mol. The van der Waals surface area contributed by atoms with Crippen molar-refractivity contribution in [3.8, 4) is 0 Å². The number of benzene rings is 2. The molecule has 0 aliphatic rings. The van der Waals surface area contributed by atoms with Gasteiger partial charge < -0.3 is 10.6 Å². The predicted molar refractivity (Wildman–Crippen MR) is 73.6 cm³/mol. The molecule has 0 radical (unpaired) electrons. The summed E-state index contributed by atoms with van der Waals surface area (Å²) in [5.74, 6) is -0.557. The first-order valence-corrected chi connectivity index (χ1v) is 6.09. The van der Waals surface area contributed by atoms with E-state index in [4.69, 9.17) is 5.73 Å². The molecule has 0 atom stereocenters. The average molecular weight is 262 g/mol. The van der Waals surface area contributed by atoms with Gasteiger partial charge in [0, 0.05) is 18.4 Å². The third kappa shape index (κ3) is 3.09. The van der Waals surface area contributed by atoms with E-state index in [1.165, 1.54) is 24.3 Å². The Hall–Kier alpha value is -1.94. The fourth-order valence-electron chi connectivity index (χ4n) is 2.04. The second kappa shape index (κ2) is 5.80. The van der Waals surface area contributed by atoms with Gasteiger partial charge in [0.15, 0.2) is 0 Å². The van der Waals surface area contributed by atoms with Gasteiger partial charge in [-0.2, -0.15) is 0 Å². The fourth-order valence-corrected chi connectivity index (χ4v) is 2.04. The van der Waals surface area contributed by atoms with Gasteiger partial charge in [-0.3, -0.25) is 0 Å². The zero-order chi connectivity index (χ0) is 13.8. The first-order valence-electron chi connectivity index (χ1n) is 6.09. The van der Waals surface area contributed by atoms with E-state index in [2.05, 4.69) is 0 Å². The molecule has 0 amide bonds. The molecule has 0 unspecified atom stereocenters. The van der Waals surface area contributed by atoms with Crippen LogP contribution >= 0.6 is 0 Å². The largest absolute Gasteiger partial charge is 0.344 e. The summed E-state index contributed by atoms with van der Waals surface area (Å²) in [5.41, 5.74) is 8.10. The average Bonchev–Trinajstić information content (AvgIpc) is 2.39. The third-order valence-corrected chi connectivity index (χ3v) is 3.03. The molecule has 100 valence electrons. The van der Waals surface area contributed by atoms with Crippen LogP contribution in [0.4, 0.5) is 20.2 Å². The Bertz CT molecular complexity index is 553. The van der Waals surface area contributed by atoms with Crippen molar-refractivity contribution in [3.63, 3.8) is 0 Å². The molecule has 2 aromatic rings. The Balaban J connectivity index is 2.37. The molecule has 0 aliphatic carbocycles. The van der Waals surface area contributed by atoms with Crippen LogP contribution in [0.5, 0.6) is 0 Å². The van der Waals surface area contributed by atoms with Gasteiger partial charge in [-0.25, -0.2) is 8.78 Å². The highest BCUT2D eigenvalue weighted by atomic mass is 19.1. The van der Waals surface area contributed by atoms with E-state index < -0.39 is 0 Å².